The molecule has 1 aromatic carbocycles. The molecule has 1 N–H and O–H groups in total. The molecule has 5 nitrogen and oxygen atoms in total. The number of aromatic nitrogens is 1. The molecule has 4 rings (SSSR count). The highest BCUT2D eigenvalue weighted by atomic mass is 16.4. The lowest BCUT2D eigenvalue weighted by molar-refractivity contribution is -0.149. The van der Waals surface area contributed by atoms with Gasteiger partial charge >= 0.3 is 5.97 Å². The van der Waals surface area contributed by atoms with E-state index in [-0.39, 0.29) is 12.0 Å². The number of carboxylic acid groups (broad SMARTS) is 1. The fourth-order valence-corrected chi connectivity index (χ4v) is 4.35. The number of nitrogens with zero attached hydrogens (tertiary/aromatic N) is 2. The summed E-state index contributed by atoms with van der Waals surface area (Å²) in [4.78, 5) is 18.5. The van der Waals surface area contributed by atoms with Gasteiger partial charge in [-0.1, -0.05) is 36.8 Å². The van der Waals surface area contributed by atoms with Gasteiger partial charge in [0, 0.05) is 18.7 Å². The van der Waals surface area contributed by atoms with Crippen LogP contribution in [0.3, 0.4) is 0 Å². The van der Waals surface area contributed by atoms with E-state index in [0.717, 1.165) is 37.1 Å². The Hall–Kier alpha value is -2.14. The van der Waals surface area contributed by atoms with Crippen molar-refractivity contribution in [3.05, 3.63) is 42.4 Å². The van der Waals surface area contributed by atoms with Crippen molar-refractivity contribution in [3.8, 4) is 11.3 Å². The number of rotatable bonds is 4. The molecule has 24 heavy (non-hydrogen) atoms. The molecule has 3 atom stereocenters. The van der Waals surface area contributed by atoms with Gasteiger partial charge in [-0.3, -0.25) is 9.69 Å². The van der Waals surface area contributed by atoms with E-state index < -0.39 is 11.4 Å². The zero-order valence-electron chi connectivity index (χ0n) is 13.8. The summed E-state index contributed by atoms with van der Waals surface area (Å²) in [5.41, 5.74) is 0.437. The second-order valence-corrected chi connectivity index (χ2v) is 7.08. The van der Waals surface area contributed by atoms with Crippen LogP contribution in [0.4, 0.5) is 0 Å². The third-order valence-electron chi connectivity index (χ3n) is 5.81. The predicted octanol–water partition coefficient (Wildman–Crippen LogP) is 3.59. The minimum atomic E-state index is -0.642. The Balaban J connectivity index is 1.54. The fraction of sp³-hybridized carbons (Fsp3) is 0.474. The first kappa shape index (κ1) is 15.4. The van der Waals surface area contributed by atoms with Crippen molar-refractivity contribution in [2.75, 3.05) is 13.1 Å². The zero-order valence-corrected chi connectivity index (χ0v) is 13.8. The number of likely N-dealkylation sites (tertiary alicyclic amines) is 1. The summed E-state index contributed by atoms with van der Waals surface area (Å²) < 4.78 is 5.96. The quantitative estimate of drug-likeness (QED) is 0.930. The number of hydrogen-bond acceptors (Lipinski definition) is 4. The minimum absolute atomic E-state index is 0.00992. The highest BCUT2D eigenvalue weighted by Gasteiger charge is 2.55. The van der Waals surface area contributed by atoms with E-state index in [0.29, 0.717) is 12.4 Å². The maximum absolute atomic E-state index is 11.8. The maximum Gasteiger partial charge on any atom is 0.311 e. The van der Waals surface area contributed by atoms with Gasteiger partial charge in [0.2, 0.25) is 5.89 Å². The largest absolute Gasteiger partial charge is 0.481 e. The molecule has 1 saturated carbocycles. The summed E-state index contributed by atoms with van der Waals surface area (Å²) in [6.07, 6.45) is 4.58. The Kier molecular flexibility index (Phi) is 3.68. The van der Waals surface area contributed by atoms with Crippen LogP contribution in [0.2, 0.25) is 0 Å². The van der Waals surface area contributed by atoms with Crippen LogP contribution in [0.25, 0.3) is 11.3 Å². The van der Waals surface area contributed by atoms with Crippen LogP contribution in [-0.4, -0.2) is 34.0 Å². The average molecular weight is 326 g/mol. The van der Waals surface area contributed by atoms with Gasteiger partial charge in [0.1, 0.15) is 0 Å². The number of carboxylic acids is 1. The van der Waals surface area contributed by atoms with Gasteiger partial charge in [-0.2, -0.15) is 0 Å². The number of carbonyl (C=O) groups is 1. The van der Waals surface area contributed by atoms with E-state index in [4.69, 9.17) is 4.42 Å². The Morgan fingerprint density at radius 1 is 1.42 bits per heavy atom. The van der Waals surface area contributed by atoms with E-state index in [1.807, 2.05) is 30.3 Å². The highest BCUT2D eigenvalue weighted by molar-refractivity contribution is 5.76. The molecule has 2 fully saturated rings. The lowest BCUT2D eigenvalue weighted by Gasteiger charge is -2.25. The SMILES string of the molecule is CC(c1ncc(-c2ccccc2)o1)N1C[C@@H]2CCC[C@@]2(C(=O)O)C1. The van der Waals surface area contributed by atoms with Gasteiger partial charge in [0.25, 0.3) is 0 Å². The second kappa shape index (κ2) is 5.74. The molecule has 1 aliphatic heterocycles. The summed E-state index contributed by atoms with van der Waals surface area (Å²) in [5.74, 6) is 1.03. The van der Waals surface area contributed by atoms with E-state index in [9.17, 15) is 9.90 Å². The molecule has 1 aliphatic carbocycles. The normalized spacial score (nSPS) is 28.0. The monoisotopic (exact) mass is 326 g/mol. The summed E-state index contributed by atoms with van der Waals surface area (Å²) in [6.45, 7) is 3.46. The third-order valence-corrected chi connectivity index (χ3v) is 5.81. The number of fused-ring (bicyclic) bond motifs is 1. The van der Waals surface area contributed by atoms with Gasteiger partial charge < -0.3 is 9.52 Å². The predicted molar refractivity (Wildman–Crippen MR) is 89.3 cm³/mol. The fourth-order valence-electron chi connectivity index (χ4n) is 4.35. The molecule has 0 amide bonds. The number of hydrogen-bond donors (Lipinski definition) is 1. The molecule has 1 unspecified atom stereocenters. The molecule has 5 heteroatoms. The summed E-state index contributed by atoms with van der Waals surface area (Å²) in [7, 11) is 0. The molecule has 126 valence electrons. The summed E-state index contributed by atoms with van der Waals surface area (Å²) in [6, 6.07) is 9.89. The van der Waals surface area contributed by atoms with Crippen molar-refractivity contribution in [3.63, 3.8) is 0 Å². The molecule has 1 saturated heterocycles. The molecule has 2 aromatic rings. The second-order valence-electron chi connectivity index (χ2n) is 7.08. The Morgan fingerprint density at radius 2 is 2.21 bits per heavy atom. The first-order valence-electron chi connectivity index (χ1n) is 8.59. The van der Waals surface area contributed by atoms with Gasteiger partial charge in [-0.05, 0) is 25.7 Å². The zero-order chi connectivity index (χ0) is 16.7. The maximum atomic E-state index is 11.8. The Labute approximate surface area is 141 Å². The Morgan fingerprint density at radius 3 is 2.92 bits per heavy atom. The molecule has 0 spiro atoms. The average Bonchev–Trinajstić information content (AvgIpc) is 3.29. The van der Waals surface area contributed by atoms with Crippen molar-refractivity contribution in [2.45, 2.75) is 32.2 Å². The van der Waals surface area contributed by atoms with E-state index >= 15 is 0 Å². The molecular formula is C19H22N2O3. The van der Waals surface area contributed by atoms with Crippen LogP contribution in [0, 0.1) is 11.3 Å². The molecule has 0 bridgehead atoms. The van der Waals surface area contributed by atoms with Gasteiger partial charge in [0.15, 0.2) is 5.76 Å². The van der Waals surface area contributed by atoms with E-state index in [1.54, 1.807) is 6.20 Å². The standard InChI is InChI=1S/C19H22N2O3/c1-13(17-20-10-16(24-17)14-6-3-2-4-7-14)21-11-15-8-5-9-19(15,12-21)18(22)23/h2-4,6-7,10,13,15H,5,8-9,11-12H2,1H3,(H,22,23)/t13?,15-,19+/m0/s1. The lowest BCUT2D eigenvalue weighted by atomic mass is 9.81. The van der Waals surface area contributed by atoms with Crippen LogP contribution in [0.15, 0.2) is 40.9 Å². The first-order chi connectivity index (χ1) is 11.6. The van der Waals surface area contributed by atoms with Crippen LogP contribution in [0.1, 0.15) is 38.1 Å². The van der Waals surface area contributed by atoms with Crippen LogP contribution in [0.5, 0.6) is 0 Å². The molecule has 1 aromatic heterocycles. The molecule has 2 aliphatic rings. The highest BCUT2D eigenvalue weighted by Crippen LogP contribution is 2.50. The van der Waals surface area contributed by atoms with Crippen molar-refractivity contribution < 1.29 is 14.3 Å². The summed E-state index contributed by atoms with van der Waals surface area (Å²) in [5, 5.41) is 9.73. The van der Waals surface area contributed by atoms with Gasteiger partial charge in [-0.15, -0.1) is 0 Å². The van der Waals surface area contributed by atoms with E-state index in [1.165, 1.54) is 0 Å². The molecular weight excluding hydrogens is 304 g/mol. The van der Waals surface area contributed by atoms with Crippen molar-refractivity contribution in [2.24, 2.45) is 11.3 Å². The van der Waals surface area contributed by atoms with Crippen molar-refractivity contribution in [1.29, 1.82) is 0 Å². The number of oxazole rings is 1. The first-order valence-corrected chi connectivity index (χ1v) is 8.59. The van der Waals surface area contributed by atoms with E-state index in [2.05, 4.69) is 16.8 Å². The molecule has 2 heterocycles. The topological polar surface area (TPSA) is 66.6 Å². The van der Waals surface area contributed by atoms with Gasteiger partial charge in [-0.25, -0.2) is 4.98 Å². The Bertz CT molecular complexity index is 742. The van der Waals surface area contributed by atoms with Crippen LogP contribution >= 0.6 is 0 Å². The number of aliphatic carboxylic acids is 1. The van der Waals surface area contributed by atoms with Crippen molar-refractivity contribution in [1.82, 2.24) is 9.88 Å². The third kappa shape index (κ3) is 2.35. The van der Waals surface area contributed by atoms with Crippen LogP contribution < -0.4 is 0 Å². The van der Waals surface area contributed by atoms with Crippen LogP contribution in [-0.2, 0) is 4.79 Å². The number of benzene rings is 1. The lowest BCUT2D eigenvalue weighted by Crippen LogP contribution is -2.36. The minimum Gasteiger partial charge on any atom is -0.481 e. The van der Waals surface area contributed by atoms with Crippen molar-refractivity contribution >= 4 is 5.97 Å². The van der Waals surface area contributed by atoms with Gasteiger partial charge in [0.05, 0.1) is 17.7 Å². The summed E-state index contributed by atoms with van der Waals surface area (Å²) >= 11 is 0. The smallest absolute Gasteiger partial charge is 0.311 e. The molecule has 0 radical (unpaired) electrons.